The lowest BCUT2D eigenvalue weighted by molar-refractivity contribution is 0.0852. The summed E-state index contributed by atoms with van der Waals surface area (Å²) in [5.74, 6) is -0.117. The molecule has 0 aromatic heterocycles. The van der Waals surface area contributed by atoms with Crippen molar-refractivity contribution in [2.24, 2.45) is 0 Å². The smallest absolute Gasteiger partial charge is 0.321 e. The minimum Gasteiger partial charge on any atom is -0.362 e. The van der Waals surface area contributed by atoms with Crippen molar-refractivity contribution < 1.29 is 9.59 Å². The minimum absolute atomic E-state index is 0.117. The van der Waals surface area contributed by atoms with Crippen molar-refractivity contribution in [1.29, 1.82) is 0 Å². The highest BCUT2D eigenvalue weighted by atomic mass is 79.9. The van der Waals surface area contributed by atoms with Crippen molar-refractivity contribution in [1.82, 2.24) is 10.2 Å². The molecule has 0 aliphatic carbocycles. The van der Waals surface area contributed by atoms with Crippen LogP contribution in [0.25, 0.3) is 0 Å². The number of fused-ring (bicyclic) bond motifs is 1. The van der Waals surface area contributed by atoms with Gasteiger partial charge in [0, 0.05) is 41.1 Å². The molecule has 6 nitrogen and oxygen atoms in total. The first-order valence-corrected chi connectivity index (χ1v) is 9.83. The summed E-state index contributed by atoms with van der Waals surface area (Å²) in [7, 11) is 0. The maximum Gasteiger partial charge on any atom is 0.321 e. The third-order valence-corrected chi connectivity index (χ3v) is 5.72. The van der Waals surface area contributed by atoms with Gasteiger partial charge >= 0.3 is 6.03 Å². The zero-order chi connectivity index (χ0) is 19.0. The molecule has 2 heterocycles. The molecule has 1 spiro atoms. The van der Waals surface area contributed by atoms with Crippen LogP contribution in [0.3, 0.4) is 0 Å². The molecular formula is C19H18BrClN4O2. The van der Waals surface area contributed by atoms with Gasteiger partial charge in [-0.05, 0) is 42.5 Å². The van der Waals surface area contributed by atoms with Crippen LogP contribution in [-0.2, 0) is 0 Å². The fraction of sp³-hybridized carbons (Fsp3) is 0.263. The molecule has 3 amide bonds. The van der Waals surface area contributed by atoms with E-state index in [1.54, 1.807) is 23.1 Å². The van der Waals surface area contributed by atoms with Crippen LogP contribution in [0.5, 0.6) is 0 Å². The highest BCUT2D eigenvalue weighted by molar-refractivity contribution is 9.10. The monoisotopic (exact) mass is 448 g/mol. The van der Waals surface area contributed by atoms with Gasteiger partial charge in [-0.3, -0.25) is 4.79 Å². The summed E-state index contributed by atoms with van der Waals surface area (Å²) in [5, 5.41) is 9.97. The van der Waals surface area contributed by atoms with E-state index in [0.29, 0.717) is 36.5 Å². The molecule has 27 heavy (non-hydrogen) atoms. The summed E-state index contributed by atoms with van der Waals surface area (Å²) in [6, 6.07) is 12.5. The predicted octanol–water partition coefficient (Wildman–Crippen LogP) is 4.28. The molecule has 2 aliphatic rings. The van der Waals surface area contributed by atoms with Crippen molar-refractivity contribution in [3.8, 4) is 0 Å². The van der Waals surface area contributed by atoms with Gasteiger partial charge in [0.05, 0.1) is 11.3 Å². The molecule has 1 saturated heterocycles. The molecule has 1 fully saturated rings. The van der Waals surface area contributed by atoms with Gasteiger partial charge in [-0.2, -0.15) is 0 Å². The van der Waals surface area contributed by atoms with Gasteiger partial charge in [0.2, 0.25) is 0 Å². The van der Waals surface area contributed by atoms with Gasteiger partial charge in [-0.1, -0.05) is 27.5 Å². The first-order valence-electron chi connectivity index (χ1n) is 8.66. The number of piperidine rings is 1. The molecule has 2 aromatic rings. The van der Waals surface area contributed by atoms with Gasteiger partial charge in [0.25, 0.3) is 5.91 Å². The fourth-order valence-corrected chi connectivity index (χ4v) is 3.91. The van der Waals surface area contributed by atoms with E-state index in [0.717, 1.165) is 15.8 Å². The minimum atomic E-state index is -0.552. The molecule has 140 valence electrons. The van der Waals surface area contributed by atoms with Crippen LogP contribution >= 0.6 is 27.5 Å². The quantitative estimate of drug-likeness (QED) is 0.608. The Morgan fingerprint density at radius 2 is 1.81 bits per heavy atom. The van der Waals surface area contributed by atoms with E-state index in [-0.39, 0.29) is 11.9 Å². The Labute approximate surface area is 170 Å². The molecule has 0 saturated carbocycles. The van der Waals surface area contributed by atoms with Crippen LogP contribution in [0.2, 0.25) is 5.02 Å². The van der Waals surface area contributed by atoms with Gasteiger partial charge < -0.3 is 20.9 Å². The van der Waals surface area contributed by atoms with Crippen molar-refractivity contribution in [3.05, 3.63) is 57.5 Å². The van der Waals surface area contributed by atoms with E-state index in [9.17, 15) is 9.59 Å². The van der Waals surface area contributed by atoms with Crippen molar-refractivity contribution >= 4 is 50.8 Å². The Hall–Kier alpha value is -2.25. The average molecular weight is 450 g/mol. The summed E-state index contributed by atoms with van der Waals surface area (Å²) in [6.45, 7) is 1.07. The lowest BCUT2D eigenvalue weighted by Crippen LogP contribution is -2.63. The zero-order valence-corrected chi connectivity index (χ0v) is 16.7. The lowest BCUT2D eigenvalue weighted by atomic mass is 9.92. The maximum absolute atomic E-state index is 12.5. The molecule has 4 rings (SSSR count). The molecule has 3 N–H and O–H groups in total. The second-order valence-electron chi connectivity index (χ2n) is 6.78. The van der Waals surface area contributed by atoms with Gasteiger partial charge in [-0.25, -0.2) is 4.79 Å². The number of hydrogen-bond donors (Lipinski definition) is 3. The number of carbonyl (C=O) groups is 2. The maximum atomic E-state index is 12.5. The number of carbonyl (C=O) groups excluding carboxylic acids is 2. The third kappa shape index (κ3) is 3.75. The van der Waals surface area contributed by atoms with Crippen LogP contribution in [0.15, 0.2) is 46.9 Å². The van der Waals surface area contributed by atoms with E-state index in [1.165, 1.54) is 0 Å². The Bertz CT molecular complexity index is 895. The Kier molecular flexibility index (Phi) is 4.74. The first-order chi connectivity index (χ1) is 12.9. The summed E-state index contributed by atoms with van der Waals surface area (Å²) < 4.78 is 0.958. The highest BCUT2D eigenvalue weighted by Crippen LogP contribution is 2.33. The highest BCUT2D eigenvalue weighted by Gasteiger charge is 2.41. The number of likely N-dealkylation sites (tertiary alicyclic amines) is 1. The van der Waals surface area contributed by atoms with Gasteiger partial charge in [0.1, 0.15) is 5.66 Å². The summed E-state index contributed by atoms with van der Waals surface area (Å²) in [6.07, 6.45) is 1.22. The number of halogens is 2. The molecule has 8 heteroatoms. The number of hydrogen-bond acceptors (Lipinski definition) is 3. The Balaban J connectivity index is 1.42. The van der Waals surface area contributed by atoms with Crippen LogP contribution in [0.1, 0.15) is 23.2 Å². The third-order valence-electron chi connectivity index (χ3n) is 4.95. The predicted molar refractivity (Wildman–Crippen MR) is 109 cm³/mol. The number of rotatable bonds is 1. The Morgan fingerprint density at radius 3 is 2.52 bits per heavy atom. The standard InChI is InChI=1S/C19H18BrClN4O2/c20-12-1-4-14(5-2-12)22-18(27)25-9-7-19(8-10-25)23-16-11-13(21)3-6-15(16)17(26)24-19/h1-6,11,23H,7-10H2,(H,22,27)(H,24,26). The number of nitrogens with zero attached hydrogens (tertiary/aromatic N) is 1. The van der Waals surface area contributed by atoms with Crippen LogP contribution < -0.4 is 16.0 Å². The van der Waals surface area contributed by atoms with Crippen molar-refractivity contribution in [2.45, 2.75) is 18.5 Å². The number of benzene rings is 2. The van der Waals surface area contributed by atoms with Gasteiger partial charge in [-0.15, -0.1) is 0 Å². The van der Waals surface area contributed by atoms with E-state index in [1.807, 2.05) is 24.3 Å². The number of nitrogens with one attached hydrogen (secondary N) is 3. The topological polar surface area (TPSA) is 73.5 Å². The van der Waals surface area contributed by atoms with Crippen molar-refractivity contribution in [2.75, 3.05) is 23.7 Å². The average Bonchev–Trinajstić information content (AvgIpc) is 2.63. The molecule has 0 atom stereocenters. The van der Waals surface area contributed by atoms with E-state index in [4.69, 9.17) is 11.6 Å². The van der Waals surface area contributed by atoms with E-state index >= 15 is 0 Å². The zero-order valence-electron chi connectivity index (χ0n) is 14.4. The van der Waals surface area contributed by atoms with Crippen LogP contribution in [0, 0.1) is 0 Å². The van der Waals surface area contributed by atoms with Crippen molar-refractivity contribution in [3.63, 3.8) is 0 Å². The second-order valence-corrected chi connectivity index (χ2v) is 8.13. The number of amides is 3. The normalized spacial score (nSPS) is 17.7. The second kappa shape index (κ2) is 7.05. The molecule has 2 aliphatic heterocycles. The van der Waals surface area contributed by atoms with Crippen LogP contribution in [0.4, 0.5) is 16.2 Å². The largest absolute Gasteiger partial charge is 0.362 e. The summed E-state index contributed by atoms with van der Waals surface area (Å²) in [4.78, 5) is 26.7. The SMILES string of the molecule is O=C1NC2(CCN(C(=O)Nc3ccc(Br)cc3)CC2)Nc2cc(Cl)ccc21. The Morgan fingerprint density at radius 1 is 1.11 bits per heavy atom. The van der Waals surface area contributed by atoms with E-state index < -0.39 is 5.66 Å². The molecule has 0 radical (unpaired) electrons. The van der Waals surface area contributed by atoms with Gasteiger partial charge in [0.15, 0.2) is 0 Å². The fourth-order valence-electron chi connectivity index (χ4n) is 3.47. The summed E-state index contributed by atoms with van der Waals surface area (Å²) in [5.41, 5.74) is 1.51. The molecule has 0 bridgehead atoms. The molecule has 2 aromatic carbocycles. The summed E-state index contributed by atoms with van der Waals surface area (Å²) >= 11 is 9.44. The first kappa shape index (κ1) is 18.1. The number of anilines is 2. The number of urea groups is 1. The lowest BCUT2D eigenvalue weighted by Gasteiger charge is -2.45. The molecular weight excluding hydrogens is 432 g/mol. The van der Waals surface area contributed by atoms with Crippen LogP contribution in [-0.4, -0.2) is 35.6 Å². The van der Waals surface area contributed by atoms with E-state index in [2.05, 4.69) is 31.9 Å². The molecule has 0 unspecified atom stereocenters.